The second-order valence-electron chi connectivity index (χ2n) is 6.47. The Labute approximate surface area is 162 Å². The molecular weight excluding hydrogens is 356 g/mol. The fraction of sp³-hybridized carbons (Fsp3) is 0.227. The number of hydrogen-bond acceptors (Lipinski definition) is 4. The van der Waals surface area contributed by atoms with Gasteiger partial charge in [0.25, 0.3) is 0 Å². The molecule has 0 bridgehead atoms. The van der Waals surface area contributed by atoms with E-state index in [1.54, 1.807) is 50.2 Å². The quantitative estimate of drug-likeness (QED) is 0.509. The summed E-state index contributed by atoms with van der Waals surface area (Å²) >= 11 is 0. The fourth-order valence-electron chi connectivity index (χ4n) is 3.13. The van der Waals surface area contributed by atoms with Crippen LogP contribution in [0, 0.1) is 12.8 Å². The summed E-state index contributed by atoms with van der Waals surface area (Å²) in [6, 6.07) is 16.0. The van der Waals surface area contributed by atoms with E-state index in [1.165, 1.54) is 0 Å². The van der Waals surface area contributed by atoms with Crippen LogP contribution in [0.15, 0.2) is 59.4 Å². The topological polar surface area (TPSA) is 88.3 Å². The summed E-state index contributed by atoms with van der Waals surface area (Å²) in [6.45, 7) is 3.60. The monoisotopic (exact) mass is 378 g/mol. The number of para-hydroxylation sites is 2. The molecule has 28 heavy (non-hydrogen) atoms. The lowest BCUT2D eigenvalue weighted by atomic mass is 9.95. The summed E-state index contributed by atoms with van der Waals surface area (Å²) < 4.78 is 5.09. The predicted molar refractivity (Wildman–Crippen MR) is 108 cm³/mol. The molecule has 2 N–H and O–H groups in total. The fourth-order valence-corrected chi connectivity index (χ4v) is 3.13. The molecule has 1 amide bonds. The third-order valence-corrected chi connectivity index (χ3v) is 4.56. The van der Waals surface area contributed by atoms with E-state index in [4.69, 9.17) is 4.74 Å². The van der Waals surface area contributed by atoms with Gasteiger partial charge in [0.2, 0.25) is 5.91 Å². The van der Waals surface area contributed by atoms with Crippen LogP contribution in [0.5, 0.6) is 0 Å². The molecule has 2 aromatic carbocycles. The van der Waals surface area contributed by atoms with Crippen molar-refractivity contribution in [2.75, 3.05) is 11.9 Å². The molecule has 0 saturated carbocycles. The van der Waals surface area contributed by atoms with Gasteiger partial charge in [0.15, 0.2) is 5.43 Å². The molecule has 0 spiro atoms. The number of carbonyl (C=O) groups excluding carboxylic acids is 2. The minimum absolute atomic E-state index is 0.0382. The van der Waals surface area contributed by atoms with Gasteiger partial charge in [0.1, 0.15) is 5.92 Å². The van der Waals surface area contributed by atoms with E-state index in [9.17, 15) is 14.4 Å². The number of hydrogen-bond donors (Lipinski definition) is 2. The van der Waals surface area contributed by atoms with Gasteiger partial charge in [0, 0.05) is 34.3 Å². The van der Waals surface area contributed by atoms with Crippen LogP contribution in [0.4, 0.5) is 5.69 Å². The van der Waals surface area contributed by atoms with E-state index in [2.05, 4.69) is 10.3 Å². The Morgan fingerprint density at radius 3 is 2.46 bits per heavy atom. The molecule has 6 nitrogen and oxygen atoms in total. The number of nitrogens with one attached hydrogen (secondary N) is 2. The van der Waals surface area contributed by atoms with Crippen LogP contribution in [0.25, 0.3) is 10.9 Å². The summed E-state index contributed by atoms with van der Waals surface area (Å²) in [5.41, 5.74) is 2.14. The Kier molecular flexibility index (Phi) is 5.89. The highest BCUT2D eigenvalue weighted by Gasteiger charge is 2.30. The first-order chi connectivity index (χ1) is 13.5. The van der Waals surface area contributed by atoms with E-state index in [1.807, 2.05) is 18.2 Å². The van der Waals surface area contributed by atoms with Crippen molar-refractivity contribution in [3.8, 4) is 0 Å². The maximum atomic E-state index is 12.9. The number of aromatic nitrogens is 1. The van der Waals surface area contributed by atoms with Crippen LogP contribution in [-0.2, 0) is 20.7 Å². The zero-order valence-electron chi connectivity index (χ0n) is 15.8. The normalized spacial score (nSPS) is 11.8. The highest BCUT2D eigenvalue weighted by molar-refractivity contribution is 6.05. The molecule has 0 saturated heterocycles. The number of fused-ring (bicyclic) bond motifs is 1. The molecule has 0 unspecified atom stereocenters. The zero-order chi connectivity index (χ0) is 20.1. The van der Waals surface area contributed by atoms with Crippen LogP contribution in [0.2, 0.25) is 0 Å². The summed E-state index contributed by atoms with van der Waals surface area (Å²) in [5, 5.41) is 3.25. The van der Waals surface area contributed by atoms with Crippen molar-refractivity contribution in [2.45, 2.75) is 20.3 Å². The molecule has 0 aliphatic rings. The van der Waals surface area contributed by atoms with Crippen molar-refractivity contribution in [3.63, 3.8) is 0 Å². The number of esters is 1. The van der Waals surface area contributed by atoms with Gasteiger partial charge in [-0.2, -0.15) is 0 Å². The lowest BCUT2D eigenvalue weighted by Crippen LogP contribution is -2.34. The Morgan fingerprint density at radius 2 is 1.75 bits per heavy atom. The summed E-state index contributed by atoms with van der Waals surface area (Å²) in [7, 11) is 0. The third-order valence-electron chi connectivity index (χ3n) is 4.56. The van der Waals surface area contributed by atoms with Gasteiger partial charge in [-0.15, -0.1) is 0 Å². The Hall–Kier alpha value is -3.41. The van der Waals surface area contributed by atoms with Crippen molar-refractivity contribution < 1.29 is 14.3 Å². The van der Waals surface area contributed by atoms with Crippen LogP contribution in [-0.4, -0.2) is 23.5 Å². The molecule has 6 heteroatoms. The first kappa shape index (κ1) is 19.4. The summed E-state index contributed by atoms with van der Waals surface area (Å²) in [4.78, 5) is 41.4. The average Bonchev–Trinajstić information content (AvgIpc) is 2.68. The van der Waals surface area contributed by atoms with Crippen molar-refractivity contribution >= 4 is 28.5 Å². The number of carbonyl (C=O) groups is 2. The predicted octanol–water partition coefficient (Wildman–Crippen LogP) is 3.20. The van der Waals surface area contributed by atoms with Crippen LogP contribution >= 0.6 is 0 Å². The third kappa shape index (κ3) is 4.11. The molecule has 1 aromatic heterocycles. The van der Waals surface area contributed by atoms with Gasteiger partial charge in [-0.25, -0.2) is 0 Å². The molecule has 3 aromatic rings. The lowest BCUT2D eigenvalue weighted by Gasteiger charge is -2.17. The van der Waals surface area contributed by atoms with Crippen molar-refractivity contribution in [3.05, 3.63) is 76.1 Å². The lowest BCUT2D eigenvalue weighted by molar-refractivity contribution is -0.150. The van der Waals surface area contributed by atoms with Gasteiger partial charge in [0.05, 0.1) is 6.61 Å². The number of H-pyrrole nitrogens is 1. The van der Waals surface area contributed by atoms with Crippen molar-refractivity contribution in [2.24, 2.45) is 5.92 Å². The molecule has 1 atom stereocenters. The Morgan fingerprint density at radius 1 is 1.07 bits per heavy atom. The molecule has 0 aliphatic heterocycles. The molecule has 1 heterocycles. The van der Waals surface area contributed by atoms with Gasteiger partial charge in [-0.1, -0.05) is 30.3 Å². The van der Waals surface area contributed by atoms with Crippen LogP contribution in [0.1, 0.15) is 18.2 Å². The Balaban J connectivity index is 1.96. The molecule has 0 fully saturated rings. The van der Waals surface area contributed by atoms with Gasteiger partial charge in [-0.05, 0) is 38.1 Å². The van der Waals surface area contributed by atoms with Crippen LogP contribution < -0.4 is 10.7 Å². The number of aryl methyl sites for hydroxylation is 1. The highest BCUT2D eigenvalue weighted by atomic mass is 16.5. The second kappa shape index (κ2) is 8.52. The van der Waals surface area contributed by atoms with Crippen molar-refractivity contribution in [1.29, 1.82) is 0 Å². The standard InChI is InChI=1S/C22H22N2O4/c1-3-28-22(27)18(21(26)24-15-9-5-4-6-10-15)13-17-14(2)23-19-12-8-7-11-16(19)20(17)25/h4-12,18H,3,13H2,1-2H3,(H,23,25)(H,24,26)/t18-/m1/s1. The van der Waals surface area contributed by atoms with E-state index < -0.39 is 17.8 Å². The maximum Gasteiger partial charge on any atom is 0.318 e. The molecule has 0 radical (unpaired) electrons. The number of ether oxygens (including phenoxy) is 1. The molecule has 0 aliphatic carbocycles. The van der Waals surface area contributed by atoms with Gasteiger partial charge >= 0.3 is 5.97 Å². The van der Waals surface area contributed by atoms with Gasteiger partial charge < -0.3 is 15.0 Å². The maximum absolute atomic E-state index is 12.9. The summed E-state index contributed by atoms with van der Waals surface area (Å²) in [6.07, 6.45) is -0.0382. The summed E-state index contributed by atoms with van der Waals surface area (Å²) in [5.74, 6) is -2.28. The average molecular weight is 378 g/mol. The van der Waals surface area contributed by atoms with E-state index in [-0.39, 0.29) is 18.5 Å². The number of anilines is 1. The largest absolute Gasteiger partial charge is 0.465 e. The smallest absolute Gasteiger partial charge is 0.318 e. The first-order valence-corrected chi connectivity index (χ1v) is 9.14. The first-order valence-electron chi connectivity index (χ1n) is 9.14. The van der Waals surface area contributed by atoms with Crippen molar-refractivity contribution in [1.82, 2.24) is 4.98 Å². The van der Waals surface area contributed by atoms with Crippen LogP contribution in [0.3, 0.4) is 0 Å². The van der Waals surface area contributed by atoms with E-state index >= 15 is 0 Å². The SMILES string of the molecule is CCOC(=O)[C@H](Cc1c(C)[nH]c2ccccc2c1=O)C(=O)Nc1ccccc1. The molecule has 3 rings (SSSR count). The zero-order valence-corrected chi connectivity index (χ0v) is 15.8. The number of benzene rings is 2. The molecular formula is C22H22N2O4. The van der Waals surface area contributed by atoms with Gasteiger partial charge in [-0.3, -0.25) is 14.4 Å². The number of rotatable bonds is 6. The Bertz CT molecular complexity index is 1060. The van der Waals surface area contributed by atoms with E-state index in [0.29, 0.717) is 22.3 Å². The second-order valence-corrected chi connectivity index (χ2v) is 6.47. The highest BCUT2D eigenvalue weighted by Crippen LogP contribution is 2.17. The number of aromatic amines is 1. The molecule has 144 valence electrons. The number of amides is 1. The number of pyridine rings is 1. The minimum atomic E-state index is -1.12. The van der Waals surface area contributed by atoms with E-state index in [0.717, 1.165) is 5.52 Å². The minimum Gasteiger partial charge on any atom is -0.465 e.